The molecular formula is C25H35N9O2. The molecule has 0 spiro atoms. The van der Waals surface area contributed by atoms with Gasteiger partial charge in [-0.2, -0.15) is 0 Å². The van der Waals surface area contributed by atoms with E-state index >= 15 is 0 Å². The zero-order valence-electron chi connectivity index (χ0n) is 21.4. The first-order chi connectivity index (χ1) is 17.4. The highest BCUT2D eigenvalue weighted by Gasteiger charge is 2.30. The van der Waals surface area contributed by atoms with E-state index in [1.165, 1.54) is 13.4 Å². The van der Waals surface area contributed by atoms with Crippen molar-refractivity contribution in [3.8, 4) is 0 Å². The summed E-state index contributed by atoms with van der Waals surface area (Å²) in [6.07, 6.45) is 11.3. The highest BCUT2D eigenvalue weighted by atomic mass is 16.2. The SMILES string of the molecule is CCC(CCN(C)C)CC(=O)C(=NC)C(C=N)NC(=O)c1nc(C2CC2)cnc1Nc1cncnc1. The summed E-state index contributed by atoms with van der Waals surface area (Å²) in [7, 11) is 5.51. The van der Waals surface area contributed by atoms with Crippen molar-refractivity contribution in [3.63, 3.8) is 0 Å². The second kappa shape index (κ2) is 12.9. The first kappa shape index (κ1) is 27.0. The number of nitrogens with one attached hydrogen (secondary N) is 3. The van der Waals surface area contributed by atoms with Crippen molar-refractivity contribution in [1.29, 1.82) is 5.41 Å². The van der Waals surface area contributed by atoms with E-state index in [1.807, 2.05) is 14.1 Å². The predicted octanol–water partition coefficient (Wildman–Crippen LogP) is 2.64. The van der Waals surface area contributed by atoms with E-state index in [9.17, 15) is 9.59 Å². The molecule has 2 heterocycles. The molecule has 3 N–H and O–H groups in total. The number of carbonyl (C=O) groups is 2. The van der Waals surface area contributed by atoms with Gasteiger partial charge in [0.1, 0.15) is 18.1 Å². The fraction of sp³-hybridized carbons (Fsp3) is 0.520. The topological polar surface area (TPSA) is 149 Å². The maximum Gasteiger partial charge on any atom is 0.274 e. The number of aromatic nitrogens is 4. The van der Waals surface area contributed by atoms with Crippen LogP contribution < -0.4 is 10.6 Å². The second-order valence-corrected chi connectivity index (χ2v) is 9.24. The molecule has 2 atom stereocenters. The van der Waals surface area contributed by atoms with Crippen molar-refractivity contribution >= 4 is 35.1 Å². The minimum absolute atomic E-state index is 0.0791. The van der Waals surface area contributed by atoms with E-state index in [1.54, 1.807) is 18.6 Å². The average molecular weight is 494 g/mol. The van der Waals surface area contributed by atoms with Crippen LogP contribution in [0.1, 0.15) is 61.1 Å². The van der Waals surface area contributed by atoms with E-state index in [0.717, 1.165) is 44.1 Å². The molecule has 2 aromatic rings. The Hall–Kier alpha value is -3.60. The first-order valence-corrected chi connectivity index (χ1v) is 12.2. The highest BCUT2D eigenvalue weighted by Crippen LogP contribution is 2.39. The van der Waals surface area contributed by atoms with Gasteiger partial charge in [-0.1, -0.05) is 13.3 Å². The third-order valence-electron chi connectivity index (χ3n) is 6.14. The van der Waals surface area contributed by atoms with Gasteiger partial charge in [-0.15, -0.1) is 0 Å². The number of ketones is 1. The Kier molecular flexibility index (Phi) is 9.69. The van der Waals surface area contributed by atoms with Gasteiger partial charge < -0.3 is 20.9 Å². The molecule has 1 aliphatic rings. The van der Waals surface area contributed by atoms with Crippen LogP contribution >= 0.6 is 0 Å². The van der Waals surface area contributed by atoms with Gasteiger partial charge in [0, 0.05) is 25.6 Å². The molecule has 0 bridgehead atoms. The molecule has 1 amide bonds. The zero-order chi connectivity index (χ0) is 26.1. The van der Waals surface area contributed by atoms with Crippen molar-refractivity contribution in [3.05, 3.63) is 36.3 Å². The smallest absolute Gasteiger partial charge is 0.274 e. The Balaban J connectivity index is 1.78. The monoisotopic (exact) mass is 493 g/mol. The minimum Gasteiger partial charge on any atom is -0.337 e. The normalized spacial score (nSPS) is 15.3. The summed E-state index contributed by atoms with van der Waals surface area (Å²) in [6.45, 7) is 2.94. The van der Waals surface area contributed by atoms with E-state index in [4.69, 9.17) is 5.41 Å². The number of nitrogens with zero attached hydrogens (tertiary/aromatic N) is 6. The van der Waals surface area contributed by atoms with Gasteiger partial charge in [0.25, 0.3) is 5.91 Å². The van der Waals surface area contributed by atoms with Crippen molar-refractivity contribution < 1.29 is 9.59 Å². The van der Waals surface area contributed by atoms with Gasteiger partial charge in [0.05, 0.1) is 30.0 Å². The molecule has 1 aliphatic carbocycles. The fourth-order valence-corrected chi connectivity index (χ4v) is 3.82. The summed E-state index contributed by atoms with van der Waals surface area (Å²) < 4.78 is 0. The molecule has 2 unspecified atom stereocenters. The maximum absolute atomic E-state index is 13.4. The van der Waals surface area contributed by atoms with Crippen LogP contribution in [0.2, 0.25) is 0 Å². The van der Waals surface area contributed by atoms with Crippen LogP contribution in [0.4, 0.5) is 11.5 Å². The number of Topliss-reactive ketones (excluding diaryl/α,β-unsaturated/α-hetero) is 1. The third-order valence-corrected chi connectivity index (χ3v) is 6.14. The molecule has 0 saturated heterocycles. The number of anilines is 2. The Bertz CT molecular complexity index is 1080. The molecule has 0 radical (unpaired) electrons. The Morgan fingerprint density at radius 1 is 1.25 bits per heavy atom. The molecule has 0 aliphatic heterocycles. The van der Waals surface area contributed by atoms with Gasteiger partial charge in [-0.25, -0.2) is 19.9 Å². The molecule has 2 aromatic heterocycles. The lowest BCUT2D eigenvalue weighted by Crippen LogP contribution is -2.45. The largest absolute Gasteiger partial charge is 0.337 e. The van der Waals surface area contributed by atoms with Gasteiger partial charge in [-0.05, 0) is 45.8 Å². The van der Waals surface area contributed by atoms with Crippen LogP contribution in [0.5, 0.6) is 0 Å². The summed E-state index contributed by atoms with van der Waals surface area (Å²) in [6, 6.07) is -0.972. The van der Waals surface area contributed by atoms with Gasteiger partial charge in [0.15, 0.2) is 17.3 Å². The summed E-state index contributed by atoms with van der Waals surface area (Å²) in [5.74, 6) is 0.00956. The molecule has 11 heteroatoms. The maximum atomic E-state index is 13.4. The number of hydrogen-bond donors (Lipinski definition) is 3. The number of amides is 1. The summed E-state index contributed by atoms with van der Waals surface area (Å²) in [4.78, 5) is 49.7. The number of aliphatic imine (C=N–C) groups is 1. The van der Waals surface area contributed by atoms with E-state index < -0.39 is 11.9 Å². The molecule has 11 nitrogen and oxygen atoms in total. The summed E-state index contributed by atoms with van der Waals surface area (Å²) >= 11 is 0. The quantitative estimate of drug-likeness (QED) is 0.340. The average Bonchev–Trinajstić information content (AvgIpc) is 3.72. The first-order valence-electron chi connectivity index (χ1n) is 12.2. The van der Waals surface area contributed by atoms with Crippen molar-refractivity contribution in [2.75, 3.05) is 33.0 Å². The fourth-order valence-electron chi connectivity index (χ4n) is 3.82. The van der Waals surface area contributed by atoms with Crippen LogP contribution in [-0.2, 0) is 4.79 Å². The Labute approximate surface area is 211 Å². The molecule has 1 fully saturated rings. The molecule has 1 saturated carbocycles. The molecule has 192 valence electrons. The van der Waals surface area contributed by atoms with Crippen LogP contribution in [0.3, 0.4) is 0 Å². The molecule has 0 aromatic carbocycles. The molecule has 36 heavy (non-hydrogen) atoms. The van der Waals surface area contributed by atoms with Crippen LogP contribution in [0, 0.1) is 11.3 Å². The second-order valence-electron chi connectivity index (χ2n) is 9.24. The lowest BCUT2D eigenvalue weighted by atomic mass is 9.92. The lowest BCUT2D eigenvalue weighted by Gasteiger charge is -2.20. The Morgan fingerprint density at radius 2 is 1.97 bits per heavy atom. The minimum atomic E-state index is -0.972. The van der Waals surface area contributed by atoms with Gasteiger partial charge in [0.2, 0.25) is 0 Å². The lowest BCUT2D eigenvalue weighted by molar-refractivity contribution is -0.114. The van der Waals surface area contributed by atoms with Crippen molar-refractivity contribution in [2.24, 2.45) is 10.9 Å². The number of carbonyl (C=O) groups excluding carboxylic acids is 2. The van der Waals surface area contributed by atoms with Crippen molar-refractivity contribution in [1.82, 2.24) is 30.2 Å². The van der Waals surface area contributed by atoms with E-state index in [-0.39, 0.29) is 28.9 Å². The summed E-state index contributed by atoms with van der Waals surface area (Å²) in [5.41, 5.74) is 1.53. The van der Waals surface area contributed by atoms with Crippen LogP contribution in [0.15, 0.2) is 29.9 Å². The molecule has 3 rings (SSSR count). The highest BCUT2D eigenvalue weighted by molar-refractivity contribution is 6.45. The third kappa shape index (κ3) is 7.45. The number of hydrogen-bond acceptors (Lipinski definition) is 10. The van der Waals surface area contributed by atoms with Crippen LogP contribution in [-0.4, -0.2) is 82.2 Å². The summed E-state index contributed by atoms with van der Waals surface area (Å²) in [5, 5.41) is 13.7. The van der Waals surface area contributed by atoms with Crippen molar-refractivity contribution in [2.45, 2.75) is 51.0 Å². The molecular weight excluding hydrogens is 458 g/mol. The van der Waals surface area contributed by atoms with E-state index in [0.29, 0.717) is 18.0 Å². The standard InChI is InChI=1S/C25H35N9O2/c1-5-16(8-9-34(3)4)10-21(35)22(27-2)19(11-26)33-25(36)23-24(31-18-12-28-15-29-13-18)30-14-20(32-23)17-6-7-17/h11-17,19,26H,5-10H2,1-4H3,(H,30,31)(H,33,36). The van der Waals surface area contributed by atoms with Gasteiger partial charge in [-0.3, -0.25) is 14.6 Å². The van der Waals surface area contributed by atoms with E-state index in [2.05, 4.69) is 47.4 Å². The number of rotatable bonds is 14. The van der Waals surface area contributed by atoms with Crippen LogP contribution in [0.25, 0.3) is 0 Å². The Morgan fingerprint density at radius 3 is 2.56 bits per heavy atom. The van der Waals surface area contributed by atoms with Gasteiger partial charge >= 0.3 is 0 Å². The predicted molar refractivity (Wildman–Crippen MR) is 139 cm³/mol. The zero-order valence-corrected chi connectivity index (χ0v) is 21.4.